The number of nitrogens with two attached hydrogens (primary N) is 1. The minimum Gasteiger partial charge on any atom is -0.493 e. The van der Waals surface area contributed by atoms with Gasteiger partial charge in [-0.3, -0.25) is 4.99 Å². The highest BCUT2D eigenvalue weighted by Crippen LogP contribution is 2.34. The molecule has 1 aliphatic rings. The molecule has 0 amide bonds. The molecule has 1 unspecified atom stereocenters. The number of hydrogen-bond donors (Lipinski definition) is 1. The molecule has 1 atom stereocenters. The minimum atomic E-state index is -2.90. The molecular formula is C13H17F2N3O2. The topological polar surface area (TPSA) is 60.1 Å². The second-order valence-electron chi connectivity index (χ2n) is 4.29. The van der Waals surface area contributed by atoms with Crippen molar-refractivity contribution in [3.05, 3.63) is 23.8 Å². The van der Waals surface area contributed by atoms with E-state index in [-0.39, 0.29) is 17.5 Å². The van der Waals surface area contributed by atoms with Crippen LogP contribution in [0.2, 0.25) is 0 Å². The summed E-state index contributed by atoms with van der Waals surface area (Å²) in [5.41, 5.74) is 6.60. The highest BCUT2D eigenvalue weighted by molar-refractivity contribution is 5.80. The van der Waals surface area contributed by atoms with E-state index < -0.39 is 6.61 Å². The smallest absolute Gasteiger partial charge is 0.387 e. The molecule has 2 N–H and O–H groups in total. The van der Waals surface area contributed by atoms with Gasteiger partial charge in [0.1, 0.15) is 0 Å². The molecule has 0 spiro atoms. The van der Waals surface area contributed by atoms with E-state index in [0.29, 0.717) is 19.0 Å². The summed E-state index contributed by atoms with van der Waals surface area (Å²) >= 11 is 0. The minimum absolute atomic E-state index is 0.0153. The van der Waals surface area contributed by atoms with Crippen LogP contribution in [0.15, 0.2) is 23.2 Å². The Morgan fingerprint density at radius 1 is 1.45 bits per heavy atom. The normalized spacial score (nSPS) is 18.4. The van der Waals surface area contributed by atoms with E-state index in [1.807, 2.05) is 11.8 Å². The van der Waals surface area contributed by atoms with E-state index in [4.69, 9.17) is 10.5 Å². The molecule has 0 aromatic heterocycles. The van der Waals surface area contributed by atoms with Crippen LogP contribution in [-0.2, 0) is 0 Å². The third-order valence-corrected chi connectivity index (χ3v) is 3.23. The number of rotatable bonds is 5. The second kappa shape index (κ2) is 5.94. The van der Waals surface area contributed by atoms with Crippen molar-refractivity contribution in [2.45, 2.75) is 19.6 Å². The molecular weight excluding hydrogens is 268 g/mol. The first-order valence-electron chi connectivity index (χ1n) is 6.26. The van der Waals surface area contributed by atoms with Gasteiger partial charge < -0.3 is 20.1 Å². The molecule has 7 heteroatoms. The number of likely N-dealkylation sites (N-methyl/N-ethyl adjacent to an activating group) is 1. The van der Waals surface area contributed by atoms with Gasteiger partial charge >= 0.3 is 6.61 Å². The highest BCUT2D eigenvalue weighted by atomic mass is 19.3. The first-order valence-corrected chi connectivity index (χ1v) is 6.26. The van der Waals surface area contributed by atoms with Gasteiger partial charge in [0.25, 0.3) is 0 Å². The Morgan fingerprint density at radius 2 is 2.20 bits per heavy atom. The number of benzene rings is 1. The van der Waals surface area contributed by atoms with Crippen LogP contribution in [0.3, 0.4) is 0 Å². The van der Waals surface area contributed by atoms with Crippen LogP contribution in [0, 0.1) is 0 Å². The number of guanidine groups is 1. The highest BCUT2D eigenvalue weighted by Gasteiger charge is 2.27. The zero-order chi connectivity index (χ0) is 14.7. The molecule has 0 bridgehead atoms. The van der Waals surface area contributed by atoms with Crippen LogP contribution in [0.5, 0.6) is 11.5 Å². The molecule has 0 saturated heterocycles. The van der Waals surface area contributed by atoms with Crippen LogP contribution < -0.4 is 15.2 Å². The predicted molar refractivity (Wildman–Crippen MR) is 71.2 cm³/mol. The number of hydrogen-bond acceptors (Lipinski definition) is 5. The standard InChI is InChI=1S/C13H17F2N3O2/c1-3-18-9(7-17-13(18)16)8-4-5-10(19-2)11(6-8)20-12(14)15/h4-6,9,12H,3,7H2,1-2H3,(H2,16,17). The lowest BCUT2D eigenvalue weighted by atomic mass is 10.1. The molecule has 0 fully saturated rings. The summed E-state index contributed by atoms with van der Waals surface area (Å²) in [7, 11) is 1.41. The number of aliphatic imine (C=N–C) groups is 1. The van der Waals surface area contributed by atoms with Crippen LogP contribution in [0.4, 0.5) is 8.78 Å². The fourth-order valence-electron chi connectivity index (χ4n) is 2.29. The first kappa shape index (κ1) is 14.4. The van der Waals surface area contributed by atoms with Crippen molar-refractivity contribution in [1.82, 2.24) is 4.90 Å². The van der Waals surface area contributed by atoms with E-state index in [2.05, 4.69) is 9.73 Å². The quantitative estimate of drug-likeness (QED) is 0.898. The maximum atomic E-state index is 12.4. The molecule has 5 nitrogen and oxygen atoms in total. The third-order valence-electron chi connectivity index (χ3n) is 3.23. The lowest BCUT2D eigenvalue weighted by Gasteiger charge is -2.25. The van der Waals surface area contributed by atoms with E-state index in [1.54, 1.807) is 18.2 Å². The molecule has 20 heavy (non-hydrogen) atoms. The van der Waals surface area contributed by atoms with Gasteiger partial charge in [0.15, 0.2) is 17.5 Å². The number of ether oxygens (including phenoxy) is 2. The average molecular weight is 285 g/mol. The second-order valence-corrected chi connectivity index (χ2v) is 4.29. The van der Waals surface area contributed by atoms with E-state index in [9.17, 15) is 8.78 Å². The van der Waals surface area contributed by atoms with Crippen molar-refractivity contribution in [2.75, 3.05) is 20.2 Å². The van der Waals surface area contributed by atoms with Crippen molar-refractivity contribution in [3.8, 4) is 11.5 Å². The molecule has 110 valence electrons. The van der Waals surface area contributed by atoms with Gasteiger partial charge in [0, 0.05) is 6.54 Å². The zero-order valence-electron chi connectivity index (χ0n) is 11.3. The Kier molecular flexibility index (Phi) is 4.26. The zero-order valence-corrected chi connectivity index (χ0v) is 11.3. The summed E-state index contributed by atoms with van der Waals surface area (Å²) < 4.78 is 34.3. The lowest BCUT2D eigenvalue weighted by molar-refractivity contribution is -0.0512. The predicted octanol–water partition coefficient (Wildman–Crippen LogP) is 1.99. The van der Waals surface area contributed by atoms with Crippen molar-refractivity contribution in [2.24, 2.45) is 10.7 Å². The molecule has 1 heterocycles. The van der Waals surface area contributed by atoms with E-state index in [0.717, 1.165) is 5.56 Å². The number of halogens is 2. The monoisotopic (exact) mass is 285 g/mol. The van der Waals surface area contributed by atoms with E-state index in [1.165, 1.54) is 7.11 Å². The van der Waals surface area contributed by atoms with E-state index >= 15 is 0 Å². The summed E-state index contributed by atoms with van der Waals surface area (Å²) in [5.74, 6) is 0.746. The molecule has 0 radical (unpaired) electrons. The summed E-state index contributed by atoms with van der Waals surface area (Å²) in [6, 6.07) is 4.89. The van der Waals surface area contributed by atoms with Gasteiger partial charge in [-0.05, 0) is 24.6 Å². The maximum Gasteiger partial charge on any atom is 0.387 e. The Hall–Kier alpha value is -2.05. The molecule has 1 aromatic rings. The van der Waals surface area contributed by atoms with Crippen LogP contribution in [-0.4, -0.2) is 37.7 Å². The number of methoxy groups -OCH3 is 1. The SMILES string of the molecule is CCN1C(N)=NCC1c1ccc(OC)c(OC(F)F)c1. The summed E-state index contributed by atoms with van der Waals surface area (Å²) in [5, 5.41) is 0. The van der Waals surface area contributed by atoms with Crippen molar-refractivity contribution < 1.29 is 18.3 Å². The molecule has 1 aliphatic heterocycles. The van der Waals surface area contributed by atoms with Gasteiger partial charge in [-0.25, -0.2) is 0 Å². The van der Waals surface area contributed by atoms with Crippen molar-refractivity contribution in [1.29, 1.82) is 0 Å². The Bertz CT molecular complexity index is 508. The van der Waals surface area contributed by atoms with Crippen molar-refractivity contribution >= 4 is 5.96 Å². The largest absolute Gasteiger partial charge is 0.493 e. The molecule has 0 aliphatic carbocycles. The fourth-order valence-corrected chi connectivity index (χ4v) is 2.29. The van der Waals surface area contributed by atoms with Gasteiger partial charge in [0.2, 0.25) is 0 Å². The van der Waals surface area contributed by atoms with Crippen molar-refractivity contribution in [3.63, 3.8) is 0 Å². The average Bonchev–Trinajstić information content (AvgIpc) is 2.79. The van der Waals surface area contributed by atoms with Crippen LogP contribution in [0.1, 0.15) is 18.5 Å². The van der Waals surface area contributed by atoms with Gasteiger partial charge in [-0.15, -0.1) is 0 Å². The maximum absolute atomic E-state index is 12.4. The third kappa shape index (κ3) is 2.76. The Labute approximate surface area is 116 Å². The summed E-state index contributed by atoms with van der Waals surface area (Å²) in [6.07, 6.45) is 0. The number of nitrogens with zero attached hydrogens (tertiary/aromatic N) is 2. The Morgan fingerprint density at radius 3 is 2.80 bits per heavy atom. The summed E-state index contributed by atoms with van der Waals surface area (Å²) in [6.45, 7) is 0.254. The van der Waals surface area contributed by atoms with Crippen LogP contribution >= 0.6 is 0 Å². The first-order chi connectivity index (χ1) is 9.56. The van der Waals surface area contributed by atoms with Crippen LogP contribution in [0.25, 0.3) is 0 Å². The molecule has 0 saturated carbocycles. The summed E-state index contributed by atoms with van der Waals surface area (Å²) in [4.78, 5) is 6.09. The molecule has 2 rings (SSSR count). The fraction of sp³-hybridized carbons (Fsp3) is 0.462. The van der Waals surface area contributed by atoms with Gasteiger partial charge in [0.05, 0.1) is 19.7 Å². The van der Waals surface area contributed by atoms with Gasteiger partial charge in [-0.1, -0.05) is 6.07 Å². The number of alkyl halides is 2. The van der Waals surface area contributed by atoms with Gasteiger partial charge in [-0.2, -0.15) is 8.78 Å². The molecule has 1 aromatic carbocycles. The Balaban J connectivity index is 2.29. The lowest BCUT2D eigenvalue weighted by Crippen LogP contribution is -2.35.